The lowest BCUT2D eigenvalue weighted by Crippen LogP contribution is -2.16. The standard InChI is InChI=1S/C18H16N2O2/c1-22-17-12-19-16(13-21)20(17)18(14-8-4-2-5-9-14)15-10-6-3-7-11-15/h2-13,18H,1H3. The van der Waals surface area contributed by atoms with Gasteiger partial charge in [-0.05, 0) is 11.1 Å². The molecule has 0 spiro atoms. The first kappa shape index (κ1) is 14.1. The van der Waals surface area contributed by atoms with Crippen molar-refractivity contribution < 1.29 is 9.53 Å². The van der Waals surface area contributed by atoms with Crippen LogP contribution in [0.1, 0.15) is 27.8 Å². The number of carbonyl (C=O) groups excluding carboxylic acids is 1. The maximum Gasteiger partial charge on any atom is 0.214 e. The number of methoxy groups -OCH3 is 1. The lowest BCUT2D eigenvalue weighted by molar-refractivity contribution is 0.110. The number of aromatic nitrogens is 2. The largest absolute Gasteiger partial charge is 0.481 e. The van der Waals surface area contributed by atoms with E-state index < -0.39 is 0 Å². The first-order valence-corrected chi connectivity index (χ1v) is 7.01. The Hall–Kier alpha value is -2.88. The molecule has 0 atom stereocenters. The van der Waals surface area contributed by atoms with Gasteiger partial charge in [0.25, 0.3) is 0 Å². The summed E-state index contributed by atoms with van der Waals surface area (Å²) in [5, 5.41) is 0. The van der Waals surface area contributed by atoms with Crippen LogP contribution in [0.5, 0.6) is 5.88 Å². The Kier molecular flexibility index (Phi) is 4.01. The van der Waals surface area contributed by atoms with Crippen LogP contribution in [-0.2, 0) is 0 Å². The third kappa shape index (κ3) is 2.51. The van der Waals surface area contributed by atoms with E-state index in [1.807, 2.05) is 65.2 Å². The maximum absolute atomic E-state index is 11.4. The Morgan fingerprint density at radius 1 is 1.00 bits per heavy atom. The highest BCUT2D eigenvalue weighted by molar-refractivity contribution is 5.70. The number of nitrogens with zero attached hydrogens (tertiary/aromatic N) is 2. The van der Waals surface area contributed by atoms with Crippen LogP contribution in [0.2, 0.25) is 0 Å². The third-order valence-corrected chi connectivity index (χ3v) is 3.59. The molecule has 0 radical (unpaired) electrons. The molecule has 0 fully saturated rings. The van der Waals surface area contributed by atoms with Crippen molar-refractivity contribution in [2.45, 2.75) is 6.04 Å². The van der Waals surface area contributed by atoms with Crippen molar-refractivity contribution in [1.82, 2.24) is 9.55 Å². The van der Waals surface area contributed by atoms with Gasteiger partial charge in [-0.1, -0.05) is 60.7 Å². The summed E-state index contributed by atoms with van der Waals surface area (Å²) < 4.78 is 7.21. The van der Waals surface area contributed by atoms with Crippen LogP contribution in [0.4, 0.5) is 0 Å². The van der Waals surface area contributed by atoms with Crippen molar-refractivity contribution in [2.75, 3.05) is 7.11 Å². The Morgan fingerprint density at radius 3 is 2.00 bits per heavy atom. The summed E-state index contributed by atoms with van der Waals surface area (Å²) in [5.41, 5.74) is 2.13. The van der Waals surface area contributed by atoms with Crippen molar-refractivity contribution in [3.05, 3.63) is 83.8 Å². The molecule has 0 aliphatic carbocycles. The Bertz CT molecular complexity index is 712. The Morgan fingerprint density at radius 2 is 1.55 bits per heavy atom. The van der Waals surface area contributed by atoms with Gasteiger partial charge < -0.3 is 4.74 Å². The molecule has 110 valence electrons. The molecule has 0 unspecified atom stereocenters. The van der Waals surface area contributed by atoms with Crippen LogP contribution in [0, 0.1) is 0 Å². The van der Waals surface area contributed by atoms with Crippen LogP contribution in [-0.4, -0.2) is 22.9 Å². The molecule has 1 heterocycles. The minimum absolute atomic E-state index is 0.167. The Labute approximate surface area is 129 Å². The van der Waals surface area contributed by atoms with Gasteiger partial charge >= 0.3 is 0 Å². The van der Waals surface area contributed by atoms with E-state index in [2.05, 4.69) is 4.98 Å². The van der Waals surface area contributed by atoms with E-state index in [0.29, 0.717) is 11.7 Å². The molecule has 0 saturated heterocycles. The van der Waals surface area contributed by atoms with Crippen molar-refractivity contribution in [3.8, 4) is 5.88 Å². The van der Waals surface area contributed by atoms with Crippen molar-refractivity contribution in [2.24, 2.45) is 0 Å². The predicted molar refractivity (Wildman–Crippen MR) is 84.3 cm³/mol. The molecule has 0 aliphatic heterocycles. The van der Waals surface area contributed by atoms with E-state index >= 15 is 0 Å². The summed E-state index contributed by atoms with van der Waals surface area (Å²) in [6, 6.07) is 19.8. The van der Waals surface area contributed by atoms with Crippen LogP contribution in [0.25, 0.3) is 0 Å². The molecule has 0 aliphatic rings. The molecule has 22 heavy (non-hydrogen) atoms. The zero-order chi connectivity index (χ0) is 15.4. The number of carbonyl (C=O) groups is 1. The average Bonchev–Trinajstić information content (AvgIpc) is 3.00. The fourth-order valence-electron chi connectivity index (χ4n) is 2.62. The van der Waals surface area contributed by atoms with E-state index in [4.69, 9.17) is 4.74 Å². The minimum Gasteiger partial charge on any atom is -0.481 e. The van der Waals surface area contributed by atoms with Gasteiger partial charge in [0, 0.05) is 0 Å². The van der Waals surface area contributed by atoms with Crippen molar-refractivity contribution >= 4 is 6.29 Å². The first-order valence-electron chi connectivity index (χ1n) is 7.01. The van der Waals surface area contributed by atoms with Gasteiger partial charge in [-0.25, -0.2) is 4.98 Å². The molecule has 4 heteroatoms. The fourth-order valence-corrected chi connectivity index (χ4v) is 2.62. The summed E-state index contributed by atoms with van der Waals surface area (Å²) in [7, 11) is 1.58. The van der Waals surface area contributed by atoms with E-state index in [1.54, 1.807) is 13.3 Å². The second kappa shape index (κ2) is 6.26. The number of hydrogen-bond acceptors (Lipinski definition) is 3. The number of hydrogen-bond donors (Lipinski definition) is 0. The van der Waals surface area contributed by atoms with E-state index in [-0.39, 0.29) is 6.04 Å². The predicted octanol–water partition coefficient (Wildman–Crippen LogP) is 3.34. The zero-order valence-corrected chi connectivity index (χ0v) is 12.2. The monoisotopic (exact) mass is 292 g/mol. The number of aldehydes is 1. The highest BCUT2D eigenvalue weighted by Gasteiger charge is 2.22. The second-order valence-corrected chi connectivity index (χ2v) is 4.87. The van der Waals surface area contributed by atoms with Crippen LogP contribution in [0.3, 0.4) is 0 Å². The topological polar surface area (TPSA) is 44.1 Å². The molecule has 0 amide bonds. The Balaban J connectivity index is 2.23. The zero-order valence-electron chi connectivity index (χ0n) is 12.2. The van der Waals surface area contributed by atoms with Gasteiger partial charge in [0.2, 0.25) is 5.88 Å². The minimum atomic E-state index is -0.167. The van der Waals surface area contributed by atoms with Gasteiger partial charge in [-0.15, -0.1) is 0 Å². The number of benzene rings is 2. The highest BCUT2D eigenvalue weighted by atomic mass is 16.5. The van der Waals surface area contributed by atoms with Crippen molar-refractivity contribution in [1.29, 1.82) is 0 Å². The molecule has 3 aromatic rings. The summed E-state index contributed by atoms with van der Waals surface area (Å²) in [6.07, 6.45) is 2.32. The smallest absolute Gasteiger partial charge is 0.214 e. The summed E-state index contributed by atoms with van der Waals surface area (Å²) in [6.45, 7) is 0. The van der Waals surface area contributed by atoms with Crippen LogP contribution < -0.4 is 4.74 Å². The summed E-state index contributed by atoms with van der Waals surface area (Å²) in [4.78, 5) is 15.5. The second-order valence-electron chi connectivity index (χ2n) is 4.87. The number of imidazole rings is 1. The van der Waals surface area contributed by atoms with Crippen LogP contribution in [0.15, 0.2) is 66.9 Å². The van der Waals surface area contributed by atoms with Gasteiger partial charge in [-0.2, -0.15) is 0 Å². The SMILES string of the molecule is COc1cnc(C=O)n1C(c1ccccc1)c1ccccc1. The van der Waals surface area contributed by atoms with E-state index in [0.717, 1.165) is 17.4 Å². The molecular formula is C18H16N2O2. The molecular weight excluding hydrogens is 276 g/mol. The maximum atomic E-state index is 11.4. The quantitative estimate of drug-likeness (QED) is 0.677. The number of rotatable bonds is 5. The molecule has 1 aromatic heterocycles. The van der Waals surface area contributed by atoms with Crippen LogP contribution >= 0.6 is 0 Å². The van der Waals surface area contributed by atoms with Gasteiger partial charge in [0.05, 0.1) is 19.3 Å². The lowest BCUT2D eigenvalue weighted by Gasteiger charge is -2.22. The number of ether oxygens (including phenoxy) is 1. The third-order valence-electron chi connectivity index (χ3n) is 3.59. The summed E-state index contributed by atoms with van der Waals surface area (Å²) >= 11 is 0. The molecule has 0 saturated carbocycles. The molecule has 3 rings (SSSR count). The summed E-state index contributed by atoms with van der Waals surface area (Å²) in [5.74, 6) is 0.898. The molecule has 2 aromatic carbocycles. The molecule has 0 bridgehead atoms. The van der Waals surface area contributed by atoms with Crippen molar-refractivity contribution in [3.63, 3.8) is 0 Å². The average molecular weight is 292 g/mol. The molecule has 4 nitrogen and oxygen atoms in total. The van der Waals surface area contributed by atoms with E-state index in [9.17, 15) is 4.79 Å². The fraction of sp³-hybridized carbons (Fsp3) is 0.111. The lowest BCUT2D eigenvalue weighted by atomic mass is 9.98. The van der Waals surface area contributed by atoms with Gasteiger partial charge in [0.1, 0.15) is 0 Å². The van der Waals surface area contributed by atoms with Gasteiger partial charge in [-0.3, -0.25) is 9.36 Å². The normalized spacial score (nSPS) is 10.6. The highest BCUT2D eigenvalue weighted by Crippen LogP contribution is 2.31. The molecule has 0 N–H and O–H groups in total. The first-order chi connectivity index (χ1) is 10.8. The van der Waals surface area contributed by atoms with Gasteiger partial charge in [0.15, 0.2) is 12.1 Å². The van der Waals surface area contributed by atoms with E-state index in [1.165, 1.54) is 0 Å².